The normalized spacial score (nSPS) is 15.8. The van der Waals surface area contributed by atoms with E-state index >= 15 is 0 Å². The van der Waals surface area contributed by atoms with Crippen LogP contribution in [0.15, 0.2) is 146 Å². The number of nitrogens with zero attached hydrogens (tertiary/aromatic N) is 4. The fourth-order valence-electron chi connectivity index (χ4n) is 22.0. The second-order valence-corrected chi connectivity index (χ2v) is 38.1. The zero-order chi connectivity index (χ0) is 92.0. The second kappa shape index (κ2) is 36.5. The van der Waals surface area contributed by atoms with Gasteiger partial charge in [-0.15, -0.1) is 0 Å². The van der Waals surface area contributed by atoms with E-state index in [1.807, 2.05) is 109 Å². The van der Waals surface area contributed by atoms with Crippen molar-refractivity contribution in [2.24, 2.45) is 5.73 Å². The van der Waals surface area contributed by atoms with Gasteiger partial charge in [0.1, 0.15) is 9.98 Å². The lowest BCUT2D eigenvalue weighted by molar-refractivity contribution is 0.0373. The molecule has 5 unspecified atom stereocenters. The first kappa shape index (κ1) is 89.4. The van der Waals surface area contributed by atoms with Gasteiger partial charge in [0.25, 0.3) is 35.4 Å². The van der Waals surface area contributed by atoms with Crippen molar-refractivity contribution in [2.75, 3.05) is 0 Å². The number of esters is 4. The van der Waals surface area contributed by atoms with E-state index in [0.717, 1.165) is 220 Å². The van der Waals surface area contributed by atoms with E-state index in [-0.39, 0.29) is 59.6 Å². The Bertz CT molecular complexity index is 6270. The molecule has 0 bridgehead atoms. The molecule has 0 aromatic heterocycles. The van der Waals surface area contributed by atoms with Crippen LogP contribution in [-0.4, -0.2) is 119 Å². The Labute approximate surface area is 773 Å². The maximum atomic E-state index is 14.1. The molecule has 0 saturated carbocycles. The molecule has 6 aliphatic rings. The van der Waals surface area contributed by atoms with E-state index in [1.54, 1.807) is 24.3 Å². The minimum absolute atomic E-state index is 0.0000797. The number of carbonyl (C=O) groups is 10. The number of cyclic esters (lactones) is 4. The van der Waals surface area contributed by atoms with Gasteiger partial charge in [0.2, 0.25) is 0 Å². The summed E-state index contributed by atoms with van der Waals surface area (Å²) in [6.45, 7) is 21.3. The largest absolute Gasteiger partial charge is 0.386 e. The van der Waals surface area contributed by atoms with Crippen LogP contribution < -0.4 is 5.73 Å². The summed E-state index contributed by atoms with van der Waals surface area (Å²) in [5, 5.41) is 21.2. The molecule has 5 atom stereocenters. The average molecular weight is 1780 g/mol. The quantitative estimate of drug-likeness (QED) is 0.00874. The second-order valence-electron chi connectivity index (χ2n) is 37.3. The first-order chi connectivity index (χ1) is 63.4. The highest BCUT2D eigenvalue weighted by atomic mass is 32.1. The Hall–Kier alpha value is -12.2. The van der Waals surface area contributed by atoms with E-state index < -0.39 is 23.9 Å². The van der Waals surface area contributed by atoms with E-state index in [1.165, 1.54) is 80.4 Å². The maximum Gasteiger partial charge on any atom is 0.346 e. The van der Waals surface area contributed by atoms with Crippen molar-refractivity contribution < 1.29 is 57.4 Å². The molecule has 6 heterocycles. The molecular weight excluding hydrogens is 1670 g/mol. The Kier molecular flexibility index (Phi) is 24.9. The van der Waals surface area contributed by atoms with Crippen molar-refractivity contribution in [1.29, 1.82) is 0 Å². The molecule has 15 aromatic carbocycles. The fourth-order valence-corrected chi connectivity index (χ4v) is 22.9. The third kappa shape index (κ3) is 14.9. The molecule has 2 N–H and O–H groups in total. The molecule has 131 heavy (non-hydrogen) atoms. The van der Waals surface area contributed by atoms with Gasteiger partial charge in [-0.1, -0.05) is 272 Å². The summed E-state index contributed by atoms with van der Waals surface area (Å²) in [5.74, 6) is -3.61. The minimum atomic E-state index is -0.666. The number of imide groups is 2. The number of unbranched alkanes of at least 4 members (excludes halogenated alkanes) is 15. The highest BCUT2D eigenvalue weighted by Crippen LogP contribution is 2.52. The van der Waals surface area contributed by atoms with Crippen LogP contribution in [0.5, 0.6) is 0 Å². The highest BCUT2D eigenvalue weighted by molar-refractivity contribution is 7.81. The number of rotatable bonds is 29. The third-order valence-electron chi connectivity index (χ3n) is 28.7. The zero-order valence-corrected chi connectivity index (χ0v) is 78.1. The Morgan fingerprint density at radius 3 is 0.595 bits per heavy atom. The summed E-state index contributed by atoms with van der Waals surface area (Å²) in [5.41, 5.74) is 12.5. The predicted molar refractivity (Wildman–Crippen MR) is 534 cm³/mol. The van der Waals surface area contributed by atoms with Crippen molar-refractivity contribution in [1.82, 2.24) is 19.6 Å². The summed E-state index contributed by atoms with van der Waals surface area (Å²) < 4.78 is 9.74. The third-order valence-corrected chi connectivity index (χ3v) is 29.6. The summed E-state index contributed by atoms with van der Waals surface area (Å²) in [6, 6.07) is 46.1. The number of ether oxygens (including phenoxy) is 2. The molecule has 6 aliphatic heterocycles. The van der Waals surface area contributed by atoms with Gasteiger partial charge in [-0.25, -0.2) is 19.2 Å². The molecule has 0 spiro atoms. The molecule has 15 aromatic rings. The molecule has 0 aliphatic carbocycles. The summed E-state index contributed by atoms with van der Waals surface area (Å²) in [6.07, 6.45) is 28.1. The lowest BCUT2D eigenvalue weighted by Gasteiger charge is -2.36. The lowest BCUT2D eigenvalue weighted by atomic mass is 9.82. The number of benzene rings is 15. The molecule has 0 fully saturated rings. The van der Waals surface area contributed by atoms with Crippen molar-refractivity contribution in [3.63, 3.8) is 0 Å². The van der Waals surface area contributed by atoms with Crippen LogP contribution in [0.3, 0.4) is 0 Å². The molecule has 21 rings (SSSR count). The van der Waals surface area contributed by atoms with Crippen molar-refractivity contribution >= 4 is 223 Å². The topological polar surface area (TPSA) is 228 Å². The number of thiocarbonyl (C=S) groups is 2. The van der Waals surface area contributed by atoms with Gasteiger partial charge in [0.15, 0.2) is 0 Å². The molecule has 0 radical (unpaired) electrons. The number of hydrogen-bond acceptors (Lipinski definition) is 15. The lowest BCUT2D eigenvalue weighted by Crippen LogP contribution is -2.46. The van der Waals surface area contributed by atoms with Crippen LogP contribution in [0, 0.1) is 0 Å². The van der Waals surface area contributed by atoms with Gasteiger partial charge in [0.05, 0.1) is 22.3 Å². The molecular formula is C112H111N5O12S2. The van der Waals surface area contributed by atoms with Gasteiger partial charge in [-0.05, 0) is 224 Å². The standard InChI is InChI=1S/C40H42N2O4.C40H42N2O2S2.C24H8O6.C8H19N/c1-5-7-9-11-13-23(3)41-37(43)29-19-15-25-27-17-21-31-36-32(40(46)42(39(31)45)24(4)14-12-10-8-6-2)22-18-28(34(27)36)26-16-20-30(38(41)44)35(29)33(25)26;1-5-7-9-11-13-23(3)41-37(43)29-19-15-25-28-18-22-32-36-30(38(44)42(40(32)46)24(4)14-12-10-8-6-2)20-16-26(34(28)36)27-17-21-31(39(41)45)35(29)33(25)27;25-21-13-5-1-9-10-2-6-15-20-16(24(28)30-23(15)27)8-4-12(18(10)20)11-3-7-14(22(26)29-21)19(13)17(9)11;1-3-4-5-6-7-8(2)9/h2*15-24H,5-14H2,1-4H3;1-8H;8H,3-7,9H2,1-2H3. The maximum absolute atomic E-state index is 14.1. The first-order valence-electron chi connectivity index (χ1n) is 47.8. The Morgan fingerprint density at radius 2 is 0.389 bits per heavy atom. The molecule has 17 nitrogen and oxygen atoms in total. The van der Waals surface area contributed by atoms with E-state index in [4.69, 9.17) is 39.6 Å². The Balaban J connectivity index is 0.000000128. The number of amides is 6. The highest BCUT2D eigenvalue weighted by Gasteiger charge is 2.43. The smallest absolute Gasteiger partial charge is 0.346 e. The van der Waals surface area contributed by atoms with Crippen LogP contribution in [0.4, 0.5) is 0 Å². The SMILES string of the molecule is CCCCCCC(C)N.CCCCCCC(C)N1C(=O)c2ccc3c4ccc5c6c(ccc(c7ccc(c2c37)C1=O)c64)C(=O)N(C(C)CCCCCC)C5=O.CCCCCCC(C)N1C(=O)c2ccc3c4ccc5c6c(ccc(c7ccc(c2c37)C1=S)c64)C(=O)N(C(C)CCCCCC)C5=S.O=C1OC(=O)c2ccc3c4ccc5c6c(ccc(c7ccc1c2c73)c64)C(=O)OC5=O. The average Bonchev–Trinajstić information content (AvgIpc) is 0.694. The summed E-state index contributed by atoms with van der Waals surface area (Å²) >= 11 is 12.1. The molecule has 668 valence electrons. The van der Waals surface area contributed by atoms with Gasteiger partial charge < -0.3 is 15.2 Å². The van der Waals surface area contributed by atoms with Gasteiger partial charge in [-0.3, -0.25) is 48.4 Å². The zero-order valence-electron chi connectivity index (χ0n) is 76.5. The Morgan fingerprint density at radius 1 is 0.221 bits per heavy atom. The number of fused-ring (bicyclic) bond motifs is 6. The number of hydrogen-bond donors (Lipinski definition) is 1. The molecule has 6 amide bonds. The van der Waals surface area contributed by atoms with E-state index in [2.05, 4.69) is 91.8 Å². The van der Waals surface area contributed by atoms with Gasteiger partial charge in [0, 0.05) is 107 Å². The van der Waals surface area contributed by atoms with Crippen LogP contribution in [0.2, 0.25) is 0 Å². The monoisotopic (exact) mass is 1780 g/mol. The number of carbonyl (C=O) groups excluding carboxylic acids is 10. The predicted octanol–water partition coefficient (Wildman–Crippen LogP) is 27.0. The van der Waals surface area contributed by atoms with Crippen LogP contribution >= 0.6 is 24.4 Å². The van der Waals surface area contributed by atoms with E-state index in [0.29, 0.717) is 82.1 Å². The van der Waals surface area contributed by atoms with Crippen molar-refractivity contribution in [3.8, 4) is 0 Å². The molecule has 19 heteroatoms. The summed E-state index contributed by atoms with van der Waals surface area (Å²) in [7, 11) is 0. The van der Waals surface area contributed by atoms with Gasteiger partial charge in [-0.2, -0.15) is 0 Å². The van der Waals surface area contributed by atoms with Crippen molar-refractivity contribution in [2.45, 2.75) is 260 Å². The van der Waals surface area contributed by atoms with Gasteiger partial charge >= 0.3 is 23.9 Å². The number of nitrogens with two attached hydrogens (primary N) is 1. The van der Waals surface area contributed by atoms with Crippen LogP contribution in [-0.2, 0) is 9.47 Å². The summed E-state index contributed by atoms with van der Waals surface area (Å²) in [4.78, 5) is 141. The molecule has 0 saturated heterocycles. The first-order valence-corrected chi connectivity index (χ1v) is 48.6. The van der Waals surface area contributed by atoms with E-state index in [9.17, 15) is 47.9 Å². The fraction of sp³-hybridized carbons (Fsp3) is 0.357. The van der Waals surface area contributed by atoms with Crippen molar-refractivity contribution in [3.05, 3.63) is 212 Å². The van der Waals surface area contributed by atoms with Crippen LogP contribution in [0.25, 0.3) is 129 Å². The van der Waals surface area contributed by atoms with Crippen LogP contribution in [0.1, 0.15) is 344 Å². The minimum Gasteiger partial charge on any atom is -0.386 e.